The van der Waals surface area contributed by atoms with Crippen molar-refractivity contribution in [3.05, 3.63) is 55.1 Å². The number of sulfonamides is 1. The fourth-order valence-corrected chi connectivity index (χ4v) is 3.74. The smallest absolute Gasteiger partial charge is 0.240 e. The van der Waals surface area contributed by atoms with Crippen LogP contribution in [0.5, 0.6) is 11.6 Å². The van der Waals surface area contributed by atoms with Crippen LogP contribution in [-0.2, 0) is 16.6 Å². The minimum atomic E-state index is -3.95. The van der Waals surface area contributed by atoms with Gasteiger partial charge in [-0.25, -0.2) is 13.6 Å². The molecule has 3 aromatic rings. The molecular weight excluding hydrogens is 426 g/mol. The van der Waals surface area contributed by atoms with E-state index in [1.807, 2.05) is 0 Å². The number of primary sulfonamides is 1. The molecule has 0 bridgehead atoms. The van der Waals surface area contributed by atoms with Crippen molar-refractivity contribution in [2.24, 2.45) is 15.4 Å². The SMILES string of the molecule is C=CCn1c(O)c(N=NC(=S)Nc2ccccc2S(N)(=O)=O)c2cc(OC)ccc21. The molecule has 1 aromatic heterocycles. The Morgan fingerprint density at radius 3 is 2.77 bits per heavy atom. The van der Waals surface area contributed by atoms with Gasteiger partial charge in [-0.2, -0.15) is 0 Å². The maximum atomic E-state index is 11.7. The van der Waals surface area contributed by atoms with E-state index in [9.17, 15) is 13.5 Å². The molecule has 0 saturated carbocycles. The van der Waals surface area contributed by atoms with E-state index in [4.69, 9.17) is 22.1 Å². The molecule has 0 amide bonds. The number of aromatic nitrogens is 1. The van der Waals surface area contributed by atoms with E-state index in [0.717, 1.165) is 0 Å². The van der Waals surface area contributed by atoms with Gasteiger partial charge in [0.05, 0.1) is 18.3 Å². The zero-order valence-corrected chi connectivity index (χ0v) is 17.6. The Balaban J connectivity index is 1.97. The van der Waals surface area contributed by atoms with Gasteiger partial charge in [0, 0.05) is 11.9 Å². The summed E-state index contributed by atoms with van der Waals surface area (Å²) in [5.41, 5.74) is 1.07. The Morgan fingerprint density at radius 1 is 1.37 bits per heavy atom. The molecule has 3 rings (SSSR count). The molecule has 0 fully saturated rings. The number of nitrogens with two attached hydrogens (primary N) is 1. The maximum Gasteiger partial charge on any atom is 0.240 e. The molecule has 156 valence electrons. The Kier molecular flexibility index (Phi) is 6.15. The van der Waals surface area contributed by atoms with Gasteiger partial charge in [-0.3, -0.25) is 0 Å². The number of azo groups is 1. The van der Waals surface area contributed by atoms with Crippen LogP contribution >= 0.6 is 12.2 Å². The first kappa shape index (κ1) is 21.4. The van der Waals surface area contributed by atoms with Crippen LogP contribution in [0.3, 0.4) is 0 Å². The Labute approximate surface area is 178 Å². The lowest BCUT2D eigenvalue weighted by Gasteiger charge is -2.08. The number of para-hydroxylation sites is 1. The average Bonchev–Trinajstić information content (AvgIpc) is 2.96. The number of nitrogens with one attached hydrogen (secondary N) is 1. The molecule has 0 aliphatic heterocycles. The molecule has 30 heavy (non-hydrogen) atoms. The van der Waals surface area contributed by atoms with Crippen molar-refractivity contribution in [3.63, 3.8) is 0 Å². The third-order valence-corrected chi connectivity index (χ3v) is 5.36. The first-order chi connectivity index (χ1) is 14.3. The molecule has 0 aliphatic carbocycles. The maximum absolute atomic E-state index is 11.7. The highest BCUT2D eigenvalue weighted by Gasteiger charge is 2.18. The molecule has 9 nitrogen and oxygen atoms in total. The second-order valence-electron chi connectivity index (χ2n) is 6.13. The van der Waals surface area contributed by atoms with Crippen LogP contribution in [0.4, 0.5) is 11.4 Å². The van der Waals surface area contributed by atoms with Crippen LogP contribution in [0.1, 0.15) is 0 Å². The molecule has 0 saturated heterocycles. The van der Waals surface area contributed by atoms with Gasteiger partial charge in [-0.1, -0.05) is 18.2 Å². The van der Waals surface area contributed by atoms with Gasteiger partial charge in [-0.05, 0) is 42.5 Å². The van der Waals surface area contributed by atoms with Crippen LogP contribution in [0, 0.1) is 0 Å². The Bertz CT molecular complexity index is 1270. The van der Waals surface area contributed by atoms with Crippen molar-refractivity contribution in [2.45, 2.75) is 11.4 Å². The number of methoxy groups -OCH3 is 1. The summed E-state index contributed by atoms with van der Waals surface area (Å²) in [7, 11) is -2.42. The Morgan fingerprint density at radius 2 is 2.10 bits per heavy atom. The minimum absolute atomic E-state index is 0.113. The van der Waals surface area contributed by atoms with E-state index in [1.165, 1.54) is 25.3 Å². The number of thiocarbonyl (C=S) groups is 1. The summed E-state index contributed by atoms with van der Waals surface area (Å²) in [6.07, 6.45) is 1.64. The number of hydrogen-bond donors (Lipinski definition) is 3. The first-order valence-electron chi connectivity index (χ1n) is 8.61. The number of hydrogen-bond acceptors (Lipinski definition) is 6. The van der Waals surface area contributed by atoms with Crippen molar-refractivity contribution in [1.29, 1.82) is 0 Å². The highest BCUT2D eigenvalue weighted by atomic mass is 32.2. The predicted octanol–water partition coefficient (Wildman–Crippen LogP) is 3.67. The van der Waals surface area contributed by atoms with Gasteiger partial charge in [0.15, 0.2) is 5.69 Å². The Hall–Kier alpha value is -3.28. The lowest BCUT2D eigenvalue weighted by molar-refractivity contribution is 0.415. The second-order valence-corrected chi connectivity index (χ2v) is 8.04. The van der Waals surface area contributed by atoms with E-state index in [0.29, 0.717) is 23.2 Å². The topological polar surface area (TPSA) is 131 Å². The second kappa shape index (κ2) is 8.61. The number of rotatable bonds is 6. The molecule has 0 spiro atoms. The van der Waals surface area contributed by atoms with Gasteiger partial charge in [-0.15, -0.1) is 16.8 Å². The van der Waals surface area contributed by atoms with E-state index in [1.54, 1.807) is 34.9 Å². The third kappa shape index (κ3) is 4.32. The number of ether oxygens (including phenoxy) is 1. The van der Waals surface area contributed by atoms with E-state index in [2.05, 4.69) is 22.1 Å². The van der Waals surface area contributed by atoms with Crippen LogP contribution in [0.2, 0.25) is 0 Å². The number of aromatic hydroxyl groups is 1. The quantitative estimate of drug-likeness (QED) is 0.301. The molecule has 1 heterocycles. The van der Waals surface area contributed by atoms with Crippen LogP contribution in [-0.4, -0.2) is 30.3 Å². The molecule has 4 N–H and O–H groups in total. The fraction of sp³-hybridized carbons (Fsp3) is 0.105. The fourth-order valence-electron chi connectivity index (χ4n) is 2.90. The third-order valence-electron chi connectivity index (χ3n) is 4.20. The first-order valence-corrected chi connectivity index (χ1v) is 10.6. The van der Waals surface area contributed by atoms with Crippen LogP contribution in [0.15, 0.2) is 70.2 Å². The van der Waals surface area contributed by atoms with E-state index >= 15 is 0 Å². The average molecular weight is 446 g/mol. The van der Waals surface area contributed by atoms with Gasteiger partial charge < -0.3 is 19.7 Å². The largest absolute Gasteiger partial charge is 0.497 e. The highest BCUT2D eigenvalue weighted by Crippen LogP contribution is 2.40. The number of allylic oxidation sites excluding steroid dienone is 1. The summed E-state index contributed by atoms with van der Waals surface area (Å²) >= 11 is 5.15. The van der Waals surface area contributed by atoms with E-state index in [-0.39, 0.29) is 27.3 Å². The molecule has 2 aromatic carbocycles. The van der Waals surface area contributed by atoms with Gasteiger partial charge >= 0.3 is 0 Å². The molecule has 0 atom stereocenters. The number of anilines is 1. The zero-order valence-electron chi connectivity index (χ0n) is 15.9. The van der Waals surface area contributed by atoms with Crippen LogP contribution in [0.25, 0.3) is 10.9 Å². The standard InChI is InChI=1S/C19H19N5O4S2/c1-3-10-24-15-9-8-12(28-2)11-13(15)17(18(24)25)22-23-19(29)21-14-6-4-5-7-16(14)30(20,26)27/h3-9,11,25H,1,10H2,2H3,(H,21,29)(H2,20,26,27). The summed E-state index contributed by atoms with van der Waals surface area (Å²) < 4.78 is 30.3. The number of fused-ring (bicyclic) bond motifs is 1. The van der Waals surface area contributed by atoms with Crippen molar-refractivity contribution in [1.82, 2.24) is 4.57 Å². The van der Waals surface area contributed by atoms with Gasteiger partial charge in [0.25, 0.3) is 0 Å². The summed E-state index contributed by atoms with van der Waals surface area (Å²) in [5.74, 6) is 0.465. The number of nitrogens with zero attached hydrogens (tertiary/aromatic N) is 3. The molecule has 0 aliphatic rings. The summed E-state index contributed by atoms with van der Waals surface area (Å²) in [6, 6.07) is 11.3. The van der Waals surface area contributed by atoms with E-state index < -0.39 is 10.0 Å². The monoisotopic (exact) mass is 445 g/mol. The summed E-state index contributed by atoms with van der Waals surface area (Å²) in [6.45, 7) is 4.05. The van der Waals surface area contributed by atoms with Crippen LogP contribution < -0.4 is 15.2 Å². The van der Waals surface area contributed by atoms with Gasteiger partial charge in [0.2, 0.25) is 21.0 Å². The van der Waals surface area contributed by atoms with Crippen molar-refractivity contribution in [2.75, 3.05) is 12.4 Å². The molecular formula is C19H19N5O4S2. The summed E-state index contributed by atoms with van der Waals surface area (Å²) in [4.78, 5) is -0.127. The number of benzene rings is 2. The van der Waals surface area contributed by atoms with Gasteiger partial charge in [0.1, 0.15) is 10.6 Å². The highest BCUT2D eigenvalue weighted by molar-refractivity contribution is 7.89. The molecule has 0 unspecified atom stereocenters. The van der Waals surface area contributed by atoms with Crippen molar-refractivity contribution < 1.29 is 18.3 Å². The normalized spacial score (nSPS) is 11.7. The zero-order chi connectivity index (χ0) is 21.9. The lowest BCUT2D eigenvalue weighted by Crippen LogP contribution is -2.16. The summed E-state index contributed by atoms with van der Waals surface area (Å²) in [5, 5.41) is 27.0. The van der Waals surface area contributed by atoms with Crippen molar-refractivity contribution >= 4 is 49.6 Å². The molecule has 11 heteroatoms. The lowest BCUT2D eigenvalue weighted by atomic mass is 10.2. The molecule has 0 radical (unpaired) electrons. The predicted molar refractivity (Wildman–Crippen MR) is 119 cm³/mol. The van der Waals surface area contributed by atoms with Crippen molar-refractivity contribution in [3.8, 4) is 11.6 Å². The minimum Gasteiger partial charge on any atom is -0.497 e.